The van der Waals surface area contributed by atoms with E-state index in [-0.39, 0.29) is 12.0 Å². The number of carbonyl (C=O) groups is 2. The Labute approximate surface area is 123 Å². The maximum Gasteiger partial charge on any atom is 0.573 e. The Balaban J connectivity index is 2.70. The highest BCUT2D eigenvalue weighted by Crippen LogP contribution is 2.32. The van der Waals surface area contributed by atoms with Crippen molar-refractivity contribution < 1.29 is 37.3 Å². The summed E-state index contributed by atoms with van der Waals surface area (Å²) in [5, 5.41) is 9.26. The number of ketones is 1. The van der Waals surface area contributed by atoms with Gasteiger partial charge in [-0.25, -0.2) is 0 Å². The number of carbonyl (C=O) groups excluding carboxylic acids is 2. The van der Waals surface area contributed by atoms with Gasteiger partial charge in [-0.1, -0.05) is 0 Å². The van der Waals surface area contributed by atoms with Crippen molar-refractivity contribution in [1.29, 1.82) is 0 Å². The van der Waals surface area contributed by atoms with Crippen LogP contribution in [0.3, 0.4) is 0 Å². The number of alkyl halides is 3. The summed E-state index contributed by atoms with van der Waals surface area (Å²) in [7, 11) is 0. The van der Waals surface area contributed by atoms with Crippen molar-refractivity contribution in [3.05, 3.63) is 23.8 Å². The quantitative estimate of drug-likeness (QED) is 0.586. The van der Waals surface area contributed by atoms with E-state index in [0.717, 1.165) is 18.2 Å². The molecule has 0 fully saturated rings. The summed E-state index contributed by atoms with van der Waals surface area (Å²) in [6.07, 6.45) is -4.56. The first kappa shape index (κ1) is 17.8. The van der Waals surface area contributed by atoms with Crippen LogP contribution >= 0.6 is 0 Å². The number of halogens is 3. The molecule has 0 aliphatic heterocycles. The molecule has 0 bridgehead atoms. The predicted molar refractivity (Wildman–Crippen MR) is 68.4 cm³/mol. The molecule has 0 heterocycles. The van der Waals surface area contributed by atoms with Crippen LogP contribution in [0.2, 0.25) is 0 Å². The van der Waals surface area contributed by atoms with Crippen molar-refractivity contribution in [2.75, 3.05) is 13.2 Å². The number of esters is 1. The number of aromatic hydroxyl groups is 1. The van der Waals surface area contributed by atoms with Crippen LogP contribution in [-0.4, -0.2) is 36.4 Å². The van der Waals surface area contributed by atoms with Gasteiger partial charge in [0.2, 0.25) is 0 Å². The molecular weight excluding hydrogens is 307 g/mol. The summed E-state index contributed by atoms with van der Waals surface area (Å²) in [6, 6.07) is 2.69. The summed E-state index contributed by atoms with van der Waals surface area (Å²) in [5.41, 5.74) is 5.01. The number of nitrogens with two attached hydrogens (primary N) is 1. The van der Waals surface area contributed by atoms with Crippen LogP contribution in [0.5, 0.6) is 11.5 Å². The molecule has 9 heteroatoms. The maximum atomic E-state index is 12.1. The van der Waals surface area contributed by atoms with E-state index >= 15 is 0 Å². The van der Waals surface area contributed by atoms with E-state index in [1.54, 1.807) is 0 Å². The Morgan fingerprint density at radius 1 is 1.27 bits per heavy atom. The number of Topliss-reactive ketones (excluding diaryl/α,β-unsaturated/α-hetero) is 1. The molecule has 3 N–H and O–H groups in total. The van der Waals surface area contributed by atoms with Crippen LogP contribution in [0.25, 0.3) is 0 Å². The minimum absolute atomic E-state index is 0.0434. The van der Waals surface area contributed by atoms with Gasteiger partial charge in [0.25, 0.3) is 0 Å². The number of phenols is 1. The summed E-state index contributed by atoms with van der Waals surface area (Å²) < 4.78 is 44.6. The highest BCUT2D eigenvalue weighted by Gasteiger charge is 2.32. The zero-order chi connectivity index (χ0) is 16.8. The molecule has 0 radical (unpaired) electrons. The Morgan fingerprint density at radius 2 is 1.95 bits per heavy atom. The molecule has 1 aromatic carbocycles. The molecule has 6 nitrogen and oxygen atoms in total. The van der Waals surface area contributed by atoms with Gasteiger partial charge in [-0.3, -0.25) is 9.59 Å². The van der Waals surface area contributed by atoms with Gasteiger partial charge in [0.15, 0.2) is 23.9 Å². The largest absolute Gasteiger partial charge is 0.573 e. The Morgan fingerprint density at radius 3 is 2.55 bits per heavy atom. The Bertz CT molecular complexity index is 545. The number of ether oxygens (including phenoxy) is 2. The molecule has 0 saturated heterocycles. The molecule has 22 heavy (non-hydrogen) atoms. The van der Waals surface area contributed by atoms with E-state index in [4.69, 9.17) is 5.73 Å². The fourth-order valence-electron chi connectivity index (χ4n) is 1.44. The Hall–Kier alpha value is -2.29. The standard InChI is InChI=1S/C13H14F3NO5/c14-13(15,16)22-11-6-8(3-4-9(11)18)10(19)7-21-12(20)2-1-5-17/h3-4,6,18H,1-2,5,7,17H2. The molecule has 0 aromatic heterocycles. The van der Waals surface area contributed by atoms with Crippen molar-refractivity contribution in [3.63, 3.8) is 0 Å². The zero-order valence-electron chi connectivity index (χ0n) is 11.4. The number of hydrogen-bond acceptors (Lipinski definition) is 6. The van der Waals surface area contributed by atoms with E-state index < -0.39 is 36.2 Å². The van der Waals surface area contributed by atoms with E-state index in [0.29, 0.717) is 13.0 Å². The maximum absolute atomic E-state index is 12.1. The highest BCUT2D eigenvalue weighted by molar-refractivity contribution is 5.98. The van der Waals surface area contributed by atoms with Crippen molar-refractivity contribution >= 4 is 11.8 Å². The van der Waals surface area contributed by atoms with Crippen LogP contribution in [0, 0.1) is 0 Å². The SMILES string of the molecule is NCCCC(=O)OCC(=O)c1ccc(O)c(OC(F)(F)F)c1. The molecule has 0 atom stereocenters. The average molecular weight is 321 g/mol. The lowest BCUT2D eigenvalue weighted by atomic mass is 10.1. The second kappa shape index (κ2) is 7.64. The first-order chi connectivity index (χ1) is 10.2. The third-order valence-corrected chi connectivity index (χ3v) is 2.46. The smallest absolute Gasteiger partial charge is 0.504 e. The van der Waals surface area contributed by atoms with Crippen LogP contribution in [-0.2, 0) is 9.53 Å². The Kier molecular flexibility index (Phi) is 6.17. The minimum Gasteiger partial charge on any atom is -0.504 e. The van der Waals surface area contributed by atoms with Gasteiger partial charge in [0.1, 0.15) is 0 Å². The second-order valence-corrected chi connectivity index (χ2v) is 4.21. The predicted octanol–water partition coefficient (Wildman–Crippen LogP) is 1.76. The fourth-order valence-corrected chi connectivity index (χ4v) is 1.44. The normalized spacial score (nSPS) is 11.1. The van der Waals surface area contributed by atoms with Gasteiger partial charge >= 0.3 is 12.3 Å². The zero-order valence-corrected chi connectivity index (χ0v) is 11.4. The number of rotatable bonds is 7. The fraction of sp³-hybridized carbons (Fsp3) is 0.385. The van der Waals surface area contributed by atoms with Gasteiger partial charge in [-0.15, -0.1) is 13.2 Å². The number of phenolic OH excluding ortho intramolecular Hbond substituents is 1. The first-order valence-corrected chi connectivity index (χ1v) is 6.20. The van der Waals surface area contributed by atoms with E-state index in [1.807, 2.05) is 0 Å². The van der Waals surface area contributed by atoms with Crippen LogP contribution in [0.1, 0.15) is 23.2 Å². The van der Waals surface area contributed by atoms with Gasteiger partial charge < -0.3 is 20.3 Å². The summed E-state index contributed by atoms with van der Waals surface area (Å²) in [6.45, 7) is -0.335. The van der Waals surface area contributed by atoms with E-state index in [2.05, 4.69) is 9.47 Å². The third-order valence-electron chi connectivity index (χ3n) is 2.46. The van der Waals surface area contributed by atoms with Crippen molar-refractivity contribution in [3.8, 4) is 11.5 Å². The van der Waals surface area contributed by atoms with Gasteiger partial charge in [-0.05, 0) is 31.2 Å². The topological polar surface area (TPSA) is 98.9 Å². The lowest BCUT2D eigenvalue weighted by molar-refractivity contribution is -0.275. The summed E-state index contributed by atoms with van der Waals surface area (Å²) in [4.78, 5) is 22.9. The molecule has 0 aliphatic rings. The molecule has 0 saturated carbocycles. The second-order valence-electron chi connectivity index (χ2n) is 4.21. The summed E-state index contributed by atoms with van der Waals surface area (Å²) >= 11 is 0. The molecule has 0 aliphatic carbocycles. The summed E-state index contributed by atoms with van der Waals surface area (Å²) in [5.74, 6) is -3.04. The molecule has 0 amide bonds. The molecule has 0 unspecified atom stereocenters. The molecule has 1 aromatic rings. The van der Waals surface area contributed by atoms with E-state index in [1.165, 1.54) is 0 Å². The first-order valence-electron chi connectivity index (χ1n) is 6.20. The molecule has 1 rings (SSSR count). The van der Waals surface area contributed by atoms with E-state index in [9.17, 15) is 27.9 Å². The lowest BCUT2D eigenvalue weighted by Gasteiger charge is -2.11. The number of hydrogen-bond donors (Lipinski definition) is 2. The molecule has 0 spiro atoms. The van der Waals surface area contributed by atoms with Gasteiger partial charge in [-0.2, -0.15) is 0 Å². The van der Waals surface area contributed by atoms with Crippen molar-refractivity contribution in [2.45, 2.75) is 19.2 Å². The van der Waals surface area contributed by atoms with Gasteiger partial charge in [0, 0.05) is 12.0 Å². The minimum atomic E-state index is -5.01. The van der Waals surface area contributed by atoms with Crippen molar-refractivity contribution in [2.24, 2.45) is 5.73 Å². The van der Waals surface area contributed by atoms with Gasteiger partial charge in [0.05, 0.1) is 0 Å². The number of benzene rings is 1. The van der Waals surface area contributed by atoms with Crippen LogP contribution in [0.15, 0.2) is 18.2 Å². The highest BCUT2D eigenvalue weighted by atomic mass is 19.4. The molecular formula is C13H14F3NO5. The monoisotopic (exact) mass is 321 g/mol. The van der Waals surface area contributed by atoms with Crippen LogP contribution < -0.4 is 10.5 Å². The van der Waals surface area contributed by atoms with Crippen LogP contribution in [0.4, 0.5) is 13.2 Å². The van der Waals surface area contributed by atoms with Crippen molar-refractivity contribution in [1.82, 2.24) is 0 Å². The average Bonchev–Trinajstić information content (AvgIpc) is 2.43. The molecule has 122 valence electrons. The third kappa shape index (κ3) is 6.00. The lowest BCUT2D eigenvalue weighted by Crippen LogP contribution is -2.18.